The molecule has 12 nitrogen and oxygen atoms in total. The number of carbonyl (C=O) groups is 4. The van der Waals surface area contributed by atoms with Gasteiger partial charge in [-0.05, 0) is 17.1 Å². The third-order valence-corrected chi connectivity index (χ3v) is 8.56. The van der Waals surface area contributed by atoms with Gasteiger partial charge in [-0.15, -0.1) is 40.0 Å². The molecule has 0 radical (unpaired) electrons. The van der Waals surface area contributed by atoms with Crippen LogP contribution in [0.2, 0.25) is 0 Å². The van der Waals surface area contributed by atoms with Crippen LogP contribution in [0.3, 0.4) is 0 Å². The lowest BCUT2D eigenvalue weighted by atomic mass is 10.0. The van der Waals surface area contributed by atoms with Gasteiger partial charge in [-0.2, -0.15) is 0 Å². The Bertz CT molecular complexity index is 1090. The lowest BCUT2D eigenvalue weighted by molar-refractivity contribution is -0.151. The van der Waals surface area contributed by atoms with Crippen LogP contribution in [0.5, 0.6) is 0 Å². The summed E-state index contributed by atoms with van der Waals surface area (Å²) < 4.78 is 4.61. The van der Waals surface area contributed by atoms with Crippen molar-refractivity contribution in [1.82, 2.24) is 30.1 Å². The molecule has 5 N–H and O–H groups in total. The van der Waals surface area contributed by atoms with Crippen LogP contribution in [-0.4, -0.2) is 71.7 Å². The van der Waals surface area contributed by atoms with E-state index in [0.717, 1.165) is 15.5 Å². The molecule has 3 amide bonds. The molecule has 0 aromatic carbocycles. The summed E-state index contributed by atoms with van der Waals surface area (Å²) in [6.45, 7) is 0. The Labute approximate surface area is 197 Å². The number of aromatic nitrogens is 3. The lowest BCUT2D eigenvalue weighted by Crippen LogP contribution is -2.71. The molecular formula is C16H15N7O5S4. The average Bonchev–Trinajstić information content (AvgIpc) is 3.45. The third-order valence-electron chi connectivity index (χ3n) is 4.61. The fraction of sp³-hybridized carbons (Fsp3) is 0.312. The Hall–Kier alpha value is -2.69. The molecule has 2 aliphatic heterocycles. The van der Waals surface area contributed by atoms with Gasteiger partial charge in [-0.1, -0.05) is 4.49 Å². The van der Waals surface area contributed by atoms with E-state index in [-0.39, 0.29) is 16.5 Å². The number of rotatable bonds is 9. The number of fused-ring (bicyclic) bond motifs is 1. The van der Waals surface area contributed by atoms with E-state index in [1.54, 1.807) is 6.20 Å². The van der Waals surface area contributed by atoms with Gasteiger partial charge in [0.25, 0.3) is 5.91 Å². The van der Waals surface area contributed by atoms with Gasteiger partial charge in [0.05, 0.1) is 11.9 Å². The number of nitrogens with one attached hydrogen (secondary N) is 2. The zero-order valence-corrected chi connectivity index (χ0v) is 19.2. The molecule has 0 aliphatic carbocycles. The lowest BCUT2D eigenvalue weighted by Gasteiger charge is -2.49. The highest BCUT2D eigenvalue weighted by atomic mass is 32.2. The van der Waals surface area contributed by atoms with Crippen molar-refractivity contribution in [2.24, 2.45) is 0 Å². The zero-order chi connectivity index (χ0) is 22.8. The minimum absolute atomic E-state index is 0.0657. The number of nitrogen functional groups attached to an aromatic ring is 1. The smallest absolute Gasteiger partial charge is 0.352 e. The third kappa shape index (κ3) is 4.30. The van der Waals surface area contributed by atoms with Crippen molar-refractivity contribution < 1.29 is 24.3 Å². The van der Waals surface area contributed by atoms with Gasteiger partial charge < -0.3 is 21.5 Å². The first-order valence-corrected chi connectivity index (χ1v) is 12.6. The highest BCUT2D eigenvalue weighted by molar-refractivity contribution is 8.01. The standard InChI is InChI=1S/C16H15N7O5S4/c17-16-20-7(4-31-16)9(18-5-24)12(25)21-10-13(26)23-11(15(27)28)6(3-30-14(10)23)2-29-8-1-19-22-32-8/h1,4-5,9-10,14H,2-3H2,(H2,17,20)(H,18,24)(H,21,25)(H,27,28)/t9-,10+,14+/m0/s1. The van der Waals surface area contributed by atoms with E-state index in [1.807, 2.05) is 0 Å². The first kappa shape index (κ1) is 22.5. The number of carboxylic acids is 1. The summed E-state index contributed by atoms with van der Waals surface area (Å²) in [7, 11) is 0. The minimum atomic E-state index is -1.20. The second-order valence-corrected chi connectivity index (χ2v) is 10.6. The zero-order valence-electron chi connectivity index (χ0n) is 16.0. The highest BCUT2D eigenvalue weighted by Gasteiger charge is 2.54. The van der Waals surface area contributed by atoms with Crippen LogP contribution in [0.15, 0.2) is 27.1 Å². The van der Waals surface area contributed by atoms with Crippen LogP contribution in [0.1, 0.15) is 11.7 Å². The molecule has 0 unspecified atom stereocenters. The molecule has 3 atom stereocenters. The van der Waals surface area contributed by atoms with Crippen LogP contribution in [0.25, 0.3) is 0 Å². The number of β-lactam (4-membered cyclic amide) rings is 1. The Morgan fingerprint density at radius 3 is 2.91 bits per heavy atom. The molecule has 4 rings (SSSR count). The molecule has 4 heterocycles. The van der Waals surface area contributed by atoms with Gasteiger partial charge in [-0.3, -0.25) is 19.3 Å². The number of hydrogen-bond acceptors (Lipinski definition) is 12. The number of carboxylic acid groups (broad SMARTS) is 1. The molecule has 2 aliphatic rings. The predicted molar refractivity (Wildman–Crippen MR) is 119 cm³/mol. The first-order valence-electron chi connectivity index (χ1n) is 8.91. The summed E-state index contributed by atoms with van der Waals surface area (Å²) in [5.41, 5.74) is 6.39. The number of nitrogens with zero attached hydrogens (tertiary/aromatic N) is 4. The molecular weight excluding hydrogens is 498 g/mol. The topological polar surface area (TPSA) is 180 Å². The van der Waals surface area contributed by atoms with Crippen molar-refractivity contribution in [2.75, 3.05) is 17.2 Å². The summed E-state index contributed by atoms with van der Waals surface area (Å²) in [6.07, 6.45) is 1.95. The van der Waals surface area contributed by atoms with Gasteiger partial charge in [0, 0.05) is 16.9 Å². The fourth-order valence-corrected chi connectivity index (χ4v) is 6.70. The fourth-order valence-electron chi connectivity index (χ4n) is 3.21. The van der Waals surface area contributed by atoms with E-state index in [2.05, 4.69) is 25.2 Å². The SMILES string of the molecule is Nc1nc([C@H](NC=O)C(=O)N[C@@H]2C(=O)N3C(C(=O)O)=C(CSc4cnns4)CS[C@H]23)cs1. The van der Waals surface area contributed by atoms with Gasteiger partial charge in [-0.25, -0.2) is 9.78 Å². The number of thioether (sulfide) groups is 2. The van der Waals surface area contributed by atoms with Crippen LogP contribution in [0.4, 0.5) is 5.13 Å². The monoisotopic (exact) mass is 513 g/mol. The van der Waals surface area contributed by atoms with E-state index < -0.39 is 35.2 Å². The van der Waals surface area contributed by atoms with Crippen molar-refractivity contribution >= 4 is 75.7 Å². The Kier molecular flexibility index (Phi) is 6.63. The Morgan fingerprint density at radius 2 is 2.28 bits per heavy atom. The average molecular weight is 514 g/mol. The number of amides is 3. The van der Waals surface area contributed by atoms with Crippen molar-refractivity contribution in [3.63, 3.8) is 0 Å². The molecule has 168 valence electrons. The number of anilines is 1. The van der Waals surface area contributed by atoms with Crippen molar-refractivity contribution in [3.8, 4) is 0 Å². The summed E-state index contributed by atoms with van der Waals surface area (Å²) in [4.78, 5) is 53.6. The van der Waals surface area contributed by atoms with E-state index >= 15 is 0 Å². The van der Waals surface area contributed by atoms with Gasteiger partial charge in [0.15, 0.2) is 11.2 Å². The Balaban J connectivity index is 1.48. The highest BCUT2D eigenvalue weighted by Crippen LogP contribution is 2.42. The number of nitrogens with two attached hydrogens (primary N) is 1. The second-order valence-electron chi connectivity index (χ2n) is 6.51. The molecule has 32 heavy (non-hydrogen) atoms. The summed E-state index contributed by atoms with van der Waals surface area (Å²) in [6, 6.07) is -2.04. The largest absolute Gasteiger partial charge is 0.477 e. The molecule has 2 aromatic rings. The van der Waals surface area contributed by atoms with Gasteiger partial charge in [0.2, 0.25) is 12.3 Å². The predicted octanol–water partition coefficient (Wildman–Crippen LogP) is -0.105. The maximum atomic E-state index is 12.8. The maximum Gasteiger partial charge on any atom is 0.352 e. The quantitative estimate of drug-likeness (QED) is 0.200. The van der Waals surface area contributed by atoms with Crippen LogP contribution in [-0.2, 0) is 19.2 Å². The van der Waals surface area contributed by atoms with Gasteiger partial charge in [0.1, 0.15) is 21.3 Å². The summed E-state index contributed by atoms with van der Waals surface area (Å²) in [5, 5.41) is 19.7. The van der Waals surface area contributed by atoms with E-state index in [9.17, 15) is 24.3 Å². The molecule has 0 spiro atoms. The number of thiazole rings is 1. The molecule has 1 fully saturated rings. The molecule has 1 saturated heterocycles. The minimum Gasteiger partial charge on any atom is -0.477 e. The molecule has 16 heteroatoms. The number of carbonyl (C=O) groups excluding carboxylic acids is 3. The van der Waals surface area contributed by atoms with Gasteiger partial charge >= 0.3 is 5.97 Å². The molecule has 2 aromatic heterocycles. The van der Waals surface area contributed by atoms with Crippen molar-refractivity contribution in [1.29, 1.82) is 0 Å². The van der Waals surface area contributed by atoms with Crippen molar-refractivity contribution in [2.45, 2.75) is 21.7 Å². The normalized spacial score (nSPS) is 20.9. The number of aliphatic carboxylic acids is 1. The molecule has 0 bridgehead atoms. The van der Waals surface area contributed by atoms with E-state index in [1.165, 1.54) is 45.3 Å². The van der Waals surface area contributed by atoms with Crippen LogP contribution in [0, 0.1) is 0 Å². The summed E-state index contributed by atoms with van der Waals surface area (Å²) in [5.74, 6) is -1.61. The van der Waals surface area contributed by atoms with E-state index in [0.29, 0.717) is 23.5 Å². The maximum absolute atomic E-state index is 12.8. The second kappa shape index (κ2) is 9.43. The number of hydrogen-bond donors (Lipinski definition) is 4. The first-order chi connectivity index (χ1) is 15.4. The Morgan fingerprint density at radius 1 is 1.47 bits per heavy atom. The van der Waals surface area contributed by atoms with Crippen LogP contribution >= 0.6 is 46.4 Å². The van der Waals surface area contributed by atoms with Crippen molar-refractivity contribution in [3.05, 3.63) is 28.5 Å². The van der Waals surface area contributed by atoms with Crippen LogP contribution < -0.4 is 16.4 Å². The van der Waals surface area contributed by atoms with E-state index in [4.69, 9.17) is 5.73 Å². The summed E-state index contributed by atoms with van der Waals surface area (Å²) >= 11 is 5.08. The molecule has 0 saturated carbocycles.